The highest BCUT2D eigenvalue weighted by Gasteiger charge is 2.26. The second kappa shape index (κ2) is 7.20. The Hall–Kier alpha value is -2.18. The van der Waals surface area contributed by atoms with E-state index in [0.717, 1.165) is 6.20 Å². The van der Waals surface area contributed by atoms with Crippen LogP contribution in [0.4, 0.5) is 11.5 Å². The summed E-state index contributed by atoms with van der Waals surface area (Å²) in [5.41, 5.74) is -0.667. The lowest BCUT2D eigenvalue weighted by molar-refractivity contribution is -0.385. The van der Waals surface area contributed by atoms with Crippen molar-refractivity contribution in [2.24, 2.45) is 5.92 Å². The first-order valence-electron chi connectivity index (χ1n) is 7.18. The molecule has 122 valence electrons. The van der Waals surface area contributed by atoms with Gasteiger partial charge in [0.2, 0.25) is 0 Å². The van der Waals surface area contributed by atoms with Gasteiger partial charge in [0.15, 0.2) is 0 Å². The Morgan fingerprint density at radius 2 is 2.05 bits per heavy atom. The smallest absolute Gasteiger partial charge is 0.329 e. The Labute approximate surface area is 130 Å². The van der Waals surface area contributed by atoms with Crippen LogP contribution in [0, 0.1) is 16.0 Å². The summed E-state index contributed by atoms with van der Waals surface area (Å²) in [6.45, 7) is 9.43. The van der Waals surface area contributed by atoms with Crippen molar-refractivity contribution in [2.75, 3.05) is 5.32 Å². The minimum absolute atomic E-state index is 0.0942. The highest BCUT2D eigenvalue weighted by molar-refractivity contribution is 5.79. The molecule has 0 aromatic carbocycles. The largest absolute Gasteiger partial charge is 0.458 e. The molecule has 1 atom stereocenters. The predicted octanol–water partition coefficient (Wildman–Crippen LogP) is 3.16. The fourth-order valence-corrected chi connectivity index (χ4v) is 1.82. The number of pyridine rings is 1. The molecule has 1 rings (SSSR count). The van der Waals surface area contributed by atoms with Crippen LogP contribution >= 0.6 is 0 Å². The predicted molar refractivity (Wildman–Crippen MR) is 83.6 cm³/mol. The van der Waals surface area contributed by atoms with E-state index in [0.29, 0.717) is 12.2 Å². The number of nitrogens with one attached hydrogen (secondary N) is 1. The van der Waals surface area contributed by atoms with Gasteiger partial charge in [-0.15, -0.1) is 0 Å². The number of carbonyl (C=O) groups excluding carboxylic acids is 1. The quantitative estimate of drug-likeness (QED) is 0.493. The molecule has 7 nitrogen and oxygen atoms in total. The number of nitro groups is 1. The lowest BCUT2D eigenvalue weighted by Crippen LogP contribution is -2.37. The first-order chi connectivity index (χ1) is 10.1. The third kappa shape index (κ3) is 6.07. The lowest BCUT2D eigenvalue weighted by Gasteiger charge is -2.25. The summed E-state index contributed by atoms with van der Waals surface area (Å²) in [5.74, 6) is 0.325. The van der Waals surface area contributed by atoms with E-state index < -0.39 is 16.6 Å². The van der Waals surface area contributed by atoms with E-state index >= 15 is 0 Å². The van der Waals surface area contributed by atoms with Crippen molar-refractivity contribution in [3.63, 3.8) is 0 Å². The monoisotopic (exact) mass is 309 g/mol. The van der Waals surface area contributed by atoms with Crippen LogP contribution in [-0.4, -0.2) is 27.5 Å². The van der Waals surface area contributed by atoms with Crippen LogP contribution in [0.3, 0.4) is 0 Å². The van der Waals surface area contributed by atoms with Crippen LogP contribution < -0.4 is 5.32 Å². The fraction of sp³-hybridized carbons (Fsp3) is 0.600. The maximum Gasteiger partial charge on any atom is 0.329 e. The molecule has 0 unspecified atom stereocenters. The minimum atomic E-state index is -0.573. The Bertz CT molecular complexity index is 521. The topological polar surface area (TPSA) is 94.4 Å². The average Bonchev–Trinajstić information content (AvgIpc) is 2.36. The number of hydrogen-bond acceptors (Lipinski definition) is 6. The molecule has 0 fully saturated rings. The van der Waals surface area contributed by atoms with Crippen LogP contribution in [0.25, 0.3) is 0 Å². The molecule has 0 amide bonds. The minimum Gasteiger partial charge on any atom is -0.458 e. The first-order valence-corrected chi connectivity index (χ1v) is 7.18. The molecule has 0 radical (unpaired) electrons. The van der Waals surface area contributed by atoms with Gasteiger partial charge < -0.3 is 10.1 Å². The van der Waals surface area contributed by atoms with Gasteiger partial charge in [0.25, 0.3) is 5.69 Å². The molecule has 0 aliphatic rings. The molecule has 0 aliphatic carbocycles. The number of aromatic nitrogens is 1. The van der Waals surface area contributed by atoms with Crippen molar-refractivity contribution < 1.29 is 14.5 Å². The van der Waals surface area contributed by atoms with Crippen molar-refractivity contribution in [1.82, 2.24) is 4.98 Å². The Balaban J connectivity index is 2.84. The summed E-state index contributed by atoms with van der Waals surface area (Å²) in [6.07, 6.45) is 1.73. The summed E-state index contributed by atoms with van der Waals surface area (Å²) < 4.78 is 5.40. The van der Waals surface area contributed by atoms with Crippen molar-refractivity contribution in [1.29, 1.82) is 0 Å². The van der Waals surface area contributed by atoms with E-state index in [2.05, 4.69) is 10.3 Å². The molecular weight excluding hydrogens is 286 g/mol. The molecule has 1 heterocycles. The van der Waals surface area contributed by atoms with E-state index in [4.69, 9.17) is 4.74 Å². The fourth-order valence-electron chi connectivity index (χ4n) is 1.82. The number of carbonyl (C=O) groups is 1. The maximum absolute atomic E-state index is 12.3. The van der Waals surface area contributed by atoms with Gasteiger partial charge >= 0.3 is 5.97 Å². The zero-order chi connectivity index (χ0) is 16.9. The molecule has 0 bridgehead atoms. The highest BCUT2D eigenvalue weighted by atomic mass is 16.6. The lowest BCUT2D eigenvalue weighted by atomic mass is 10.0. The summed E-state index contributed by atoms with van der Waals surface area (Å²) >= 11 is 0. The number of rotatable bonds is 6. The van der Waals surface area contributed by atoms with Crippen molar-refractivity contribution in [2.45, 2.75) is 52.7 Å². The molecule has 1 aromatic heterocycles. The zero-order valence-electron chi connectivity index (χ0n) is 13.6. The number of hydrogen-bond donors (Lipinski definition) is 1. The van der Waals surface area contributed by atoms with Gasteiger partial charge in [-0.2, -0.15) is 0 Å². The number of ether oxygens (including phenoxy) is 1. The van der Waals surface area contributed by atoms with Gasteiger partial charge in [-0.1, -0.05) is 13.8 Å². The van der Waals surface area contributed by atoms with Gasteiger partial charge in [0.05, 0.1) is 4.92 Å². The standard InChI is InChI=1S/C15H23N3O4/c1-10(2)8-12(14(19)22-15(3,4)5)17-13-7-6-11(9-16-13)18(20)21/h6-7,9-10,12H,8H2,1-5H3,(H,16,17)/t12-/m1/s1. The number of anilines is 1. The third-order valence-electron chi connectivity index (χ3n) is 2.68. The van der Waals surface area contributed by atoms with Gasteiger partial charge in [0.1, 0.15) is 23.7 Å². The van der Waals surface area contributed by atoms with Crippen molar-refractivity contribution >= 4 is 17.5 Å². The molecule has 0 saturated carbocycles. The normalized spacial score (nSPS) is 12.8. The van der Waals surface area contributed by atoms with Crippen molar-refractivity contribution in [3.8, 4) is 0 Å². The van der Waals surface area contributed by atoms with E-state index in [1.807, 2.05) is 34.6 Å². The second-order valence-electron chi connectivity index (χ2n) is 6.52. The Morgan fingerprint density at radius 3 is 2.45 bits per heavy atom. The van der Waals surface area contributed by atoms with Crippen LogP contribution in [0.15, 0.2) is 18.3 Å². The first kappa shape index (κ1) is 17.9. The molecule has 1 N–H and O–H groups in total. The summed E-state index contributed by atoms with van der Waals surface area (Å²) in [6, 6.07) is 2.28. The highest BCUT2D eigenvalue weighted by Crippen LogP contribution is 2.18. The van der Waals surface area contributed by atoms with Gasteiger partial charge in [-0.25, -0.2) is 9.78 Å². The number of esters is 1. The molecule has 22 heavy (non-hydrogen) atoms. The Morgan fingerprint density at radius 1 is 1.41 bits per heavy atom. The zero-order valence-corrected chi connectivity index (χ0v) is 13.6. The SMILES string of the molecule is CC(C)C[C@@H](Nc1ccc([N+](=O)[O-])cn1)C(=O)OC(C)(C)C. The molecular formula is C15H23N3O4. The molecule has 1 aromatic rings. The van der Waals surface area contributed by atoms with Gasteiger partial charge in [0, 0.05) is 6.07 Å². The third-order valence-corrected chi connectivity index (χ3v) is 2.68. The van der Waals surface area contributed by atoms with Crippen LogP contribution in [0.5, 0.6) is 0 Å². The van der Waals surface area contributed by atoms with Crippen LogP contribution in [0.2, 0.25) is 0 Å². The van der Waals surface area contributed by atoms with Gasteiger partial charge in [-0.05, 0) is 39.2 Å². The summed E-state index contributed by atoms with van der Waals surface area (Å²) in [5, 5.41) is 13.6. The molecule has 0 saturated heterocycles. The summed E-state index contributed by atoms with van der Waals surface area (Å²) in [7, 11) is 0. The Kier molecular flexibility index (Phi) is 5.84. The molecule has 0 spiro atoms. The average molecular weight is 309 g/mol. The van der Waals surface area contributed by atoms with Crippen LogP contribution in [0.1, 0.15) is 41.0 Å². The van der Waals surface area contributed by atoms with E-state index in [1.54, 1.807) is 0 Å². The summed E-state index contributed by atoms with van der Waals surface area (Å²) in [4.78, 5) is 26.3. The second-order valence-corrected chi connectivity index (χ2v) is 6.52. The van der Waals surface area contributed by atoms with Crippen molar-refractivity contribution in [3.05, 3.63) is 28.4 Å². The molecule has 0 aliphatic heterocycles. The van der Waals surface area contributed by atoms with E-state index in [9.17, 15) is 14.9 Å². The molecule has 7 heteroatoms. The van der Waals surface area contributed by atoms with Gasteiger partial charge in [-0.3, -0.25) is 10.1 Å². The maximum atomic E-state index is 12.3. The van der Waals surface area contributed by atoms with Crippen LogP contribution in [-0.2, 0) is 9.53 Å². The number of nitrogens with zero attached hydrogens (tertiary/aromatic N) is 2. The van der Waals surface area contributed by atoms with E-state index in [-0.39, 0.29) is 17.6 Å². The van der Waals surface area contributed by atoms with E-state index in [1.165, 1.54) is 12.1 Å².